The zero-order chi connectivity index (χ0) is 17.5. The maximum atomic E-state index is 12.9. The van der Waals surface area contributed by atoms with Gasteiger partial charge < -0.3 is 20.1 Å². The summed E-state index contributed by atoms with van der Waals surface area (Å²) in [6, 6.07) is 9.02. The molecule has 1 aliphatic rings. The second kappa shape index (κ2) is 8.43. The van der Waals surface area contributed by atoms with E-state index in [9.17, 15) is 9.18 Å². The van der Waals surface area contributed by atoms with Crippen LogP contribution in [-0.4, -0.2) is 30.8 Å². The first kappa shape index (κ1) is 17.2. The van der Waals surface area contributed by atoms with E-state index in [1.165, 1.54) is 24.3 Å². The van der Waals surface area contributed by atoms with Crippen LogP contribution in [0.25, 0.3) is 0 Å². The molecule has 6 nitrogen and oxygen atoms in total. The van der Waals surface area contributed by atoms with Gasteiger partial charge in [-0.15, -0.1) is 0 Å². The molecule has 0 saturated carbocycles. The Bertz CT molecular complexity index is 686. The van der Waals surface area contributed by atoms with E-state index in [0.29, 0.717) is 37.2 Å². The normalized spacial score (nSPS) is 16.4. The van der Waals surface area contributed by atoms with Gasteiger partial charge in [-0.2, -0.15) is 0 Å². The molecule has 0 radical (unpaired) electrons. The van der Waals surface area contributed by atoms with Crippen molar-refractivity contribution in [1.29, 1.82) is 0 Å². The zero-order valence-electron chi connectivity index (χ0n) is 13.7. The molecule has 2 heterocycles. The van der Waals surface area contributed by atoms with Gasteiger partial charge in [0.2, 0.25) is 5.88 Å². The van der Waals surface area contributed by atoms with Gasteiger partial charge in [0.15, 0.2) is 0 Å². The summed E-state index contributed by atoms with van der Waals surface area (Å²) in [6.45, 7) is 2.47. The van der Waals surface area contributed by atoms with Crippen LogP contribution in [0.1, 0.15) is 12.0 Å². The minimum atomic E-state index is -0.319. The van der Waals surface area contributed by atoms with Gasteiger partial charge in [0.05, 0.1) is 6.61 Å². The highest BCUT2D eigenvalue weighted by Gasteiger charge is 2.16. The highest BCUT2D eigenvalue weighted by atomic mass is 19.1. The first-order valence-corrected chi connectivity index (χ1v) is 8.17. The Kier molecular flexibility index (Phi) is 5.79. The first-order chi connectivity index (χ1) is 12.2. The number of benzene rings is 1. The fourth-order valence-corrected chi connectivity index (χ4v) is 2.43. The highest BCUT2D eigenvalue weighted by Crippen LogP contribution is 2.19. The quantitative estimate of drug-likeness (QED) is 0.844. The number of carbonyl (C=O) groups excluding carboxylic acids is 1. The van der Waals surface area contributed by atoms with Crippen molar-refractivity contribution in [2.45, 2.75) is 13.0 Å². The SMILES string of the molecule is O=C(NCc1ccc(Oc2ccc(F)cc2)nc1)NC[C@H]1CCOC1. The maximum absolute atomic E-state index is 12.9. The summed E-state index contributed by atoms with van der Waals surface area (Å²) < 4.78 is 23.6. The van der Waals surface area contributed by atoms with Crippen molar-refractivity contribution >= 4 is 6.03 Å². The molecule has 2 aromatic rings. The van der Waals surface area contributed by atoms with Gasteiger partial charge in [-0.25, -0.2) is 14.2 Å². The van der Waals surface area contributed by atoms with Crippen LogP contribution < -0.4 is 15.4 Å². The number of carbonyl (C=O) groups is 1. The van der Waals surface area contributed by atoms with E-state index >= 15 is 0 Å². The molecule has 132 valence electrons. The van der Waals surface area contributed by atoms with Crippen molar-refractivity contribution in [3.63, 3.8) is 0 Å². The van der Waals surface area contributed by atoms with Gasteiger partial charge in [0.25, 0.3) is 0 Å². The summed E-state index contributed by atoms with van der Waals surface area (Å²) in [5.74, 6) is 0.992. The number of halogens is 1. The average molecular weight is 345 g/mol. The Labute approximate surface area is 145 Å². The standard InChI is InChI=1S/C18H20FN3O3/c19-15-2-4-16(5-3-15)25-17-6-1-13(9-20-17)10-21-18(23)22-11-14-7-8-24-12-14/h1-6,9,14H,7-8,10-12H2,(H2,21,22,23)/t14-/m1/s1. The Morgan fingerprint density at radius 1 is 1.24 bits per heavy atom. The summed E-state index contributed by atoms with van der Waals surface area (Å²) in [6.07, 6.45) is 2.61. The number of rotatable bonds is 6. The number of nitrogens with one attached hydrogen (secondary N) is 2. The molecule has 1 aliphatic heterocycles. The van der Waals surface area contributed by atoms with Crippen LogP contribution in [0.15, 0.2) is 42.6 Å². The van der Waals surface area contributed by atoms with Gasteiger partial charge in [-0.3, -0.25) is 0 Å². The number of hydrogen-bond donors (Lipinski definition) is 2. The lowest BCUT2D eigenvalue weighted by molar-refractivity contribution is 0.185. The smallest absolute Gasteiger partial charge is 0.315 e. The Hall–Kier alpha value is -2.67. The lowest BCUT2D eigenvalue weighted by Crippen LogP contribution is -2.38. The number of urea groups is 1. The number of aromatic nitrogens is 1. The molecule has 1 aromatic carbocycles. The molecule has 2 amide bonds. The van der Waals surface area contributed by atoms with Crippen molar-refractivity contribution in [3.05, 3.63) is 54.0 Å². The predicted molar refractivity (Wildman–Crippen MR) is 89.9 cm³/mol. The average Bonchev–Trinajstić information content (AvgIpc) is 3.15. The van der Waals surface area contributed by atoms with Gasteiger partial charge >= 0.3 is 6.03 Å². The van der Waals surface area contributed by atoms with Crippen molar-refractivity contribution in [2.75, 3.05) is 19.8 Å². The van der Waals surface area contributed by atoms with Crippen molar-refractivity contribution in [1.82, 2.24) is 15.6 Å². The number of amides is 2. The van der Waals surface area contributed by atoms with E-state index in [-0.39, 0.29) is 11.8 Å². The van der Waals surface area contributed by atoms with Crippen LogP contribution in [-0.2, 0) is 11.3 Å². The third-order valence-corrected chi connectivity index (χ3v) is 3.86. The number of pyridine rings is 1. The first-order valence-electron chi connectivity index (χ1n) is 8.17. The molecule has 0 spiro atoms. The summed E-state index contributed by atoms with van der Waals surface area (Å²) in [7, 11) is 0. The van der Waals surface area contributed by atoms with Crippen molar-refractivity contribution < 1.29 is 18.7 Å². The summed E-state index contributed by atoms with van der Waals surface area (Å²) in [4.78, 5) is 15.9. The number of ether oxygens (including phenoxy) is 2. The summed E-state index contributed by atoms with van der Waals surface area (Å²) in [5, 5.41) is 5.62. The lowest BCUT2D eigenvalue weighted by Gasteiger charge is -2.11. The lowest BCUT2D eigenvalue weighted by atomic mass is 10.1. The minimum absolute atomic E-state index is 0.210. The molecule has 25 heavy (non-hydrogen) atoms. The van der Waals surface area contributed by atoms with Crippen LogP contribution >= 0.6 is 0 Å². The molecule has 0 aliphatic carbocycles. The van der Waals surface area contributed by atoms with E-state index in [0.717, 1.165) is 18.6 Å². The summed E-state index contributed by atoms with van der Waals surface area (Å²) >= 11 is 0. The van der Waals surface area contributed by atoms with E-state index in [1.807, 2.05) is 6.07 Å². The van der Waals surface area contributed by atoms with Gasteiger partial charge in [0.1, 0.15) is 11.6 Å². The van der Waals surface area contributed by atoms with Crippen LogP contribution in [0.2, 0.25) is 0 Å². The van der Waals surface area contributed by atoms with Crippen LogP contribution in [0.3, 0.4) is 0 Å². The minimum Gasteiger partial charge on any atom is -0.439 e. The second-order valence-corrected chi connectivity index (χ2v) is 5.85. The maximum Gasteiger partial charge on any atom is 0.315 e. The topological polar surface area (TPSA) is 72.5 Å². The molecule has 1 saturated heterocycles. The van der Waals surface area contributed by atoms with Crippen molar-refractivity contribution in [2.24, 2.45) is 5.92 Å². The summed E-state index contributed by atoms with van der Waals surface area (Å²) in [5.41, 5.74) is 0.853. The van der Waals surface area contributed by atoms with E-state index in [2.05, 4.69) is 15.6 Å². The molecule has 2 N–H and O–H groups in total. The predicted octanol–water partition coefficient (Wildman–Crippen LogP) is 2.85. The zero-order valence-corrected chi connectivity index (χ0v) is 13.7. The Balaban J connectivity index is 1.42. The molecule has 7 heteroatoms. The fourth-order valence-electron chi connectivity index (χ4n) is 2.43. The monoisotopic (exact) mass is 345 g/mol. The molecular weight excluding hydrogens is 325 g/mol. The molecule has 3 rings (SSSR count). The Morgan fingerprint density at radius 2 is 2.08 bits per heavy atom. The van der Waals surface area contributed by atoms with Gasteiger partial charge in [0, 0.05) is 37.9 Å². The highest BCUT2D eigenvalue weighted by molar-refractivity contribution is 5.73. The van der Waals surface area contributed by atoms with Crippen LogP contribution in [0.5, 0.6) is 11.6 Å². The number of nitrogens with zero attached hydrogens (tertiary/aromatic N) is 1. The Morgan fingerprint density at radius 3 is 2.76 bits per heavy atom. The van der Waals surface area contributed by atoms with Crippen LogP contribution in [0, 0.1) is 11.7 Å². The molecule has 0 unspecified atom stereocenters. The molecule has 1 aromatic heterocycles. The van der Waals surface area contributed by atoms with E-state index < -0.39 is 0 Å². The van der Waals surface area contributed by atoms with E-state index in [4.69, 9.17) is 9.47 Å². The molecule has 1 atom stereocenters. The molecular formula is C18H20FN3O3. The second-order valence-electron chi connectivity index (χ2n) is 5.85. The largest absolute Gasteiger partial charge is 0.439 e. The number of hydrogen-bond acceptors (Lipinski definition) is 4. The van der Waals surface area contributed by atoms with Gasteiger partial charge in [-0.1, -0.05) is 6.07 Å². The molecule has 0 bridgehead atoms. The third-order valence-electron chi connectivity index (χ3n) is 3.86. The fraction of sp³-hybridized carbons (Fsp3) is 0.333. The molecule has 1 fully saturated rings. The van der Waals surface area contributed by atoms with Crippen LogP contribution in [0.4, 0.5) is 9.18 Å². The third kappa shape index (κ3) is 5.42. The van der Waals surface area contributed by atoms with E-state index in [1.54, 1.807) is 12.3 Å². The van der Waals surface area contributed by atoms with Crippen molar-refractivity contribution in [3.8, 4) is 11.6 Å². The van der Waals surface area contributed by atoms with Gasteiger partial charge in [-0.05, 0) is 36.2 Å².